The van der Waals surface area contributed by atoms with Crippen LogP contribution in [-0.2, 0) is 9.53 Å². The predicted molar refractivity (Wildman–Crippen MR) is 56.0 cm³/mol. The fourth-order valence-corrected chi connectivity index (χ4v) is 1.32. The van der Waals surface area contributed by atoms with E-state index < -0.39 is 18.1 Å². The second kappa shape index (κ2) is 5.48. The Morgan fingerprint density at radius 2 is 2.07 bits per heavy atom. The third kappa shape index (κ3) is 3.34. The molecule has 3 N–H and O–H groups in total. The third-order valence-corrected chi connectivity index (χ3v) is 2.02. The van der Waals surface area contributed by atoms with Crippen LogP contribution in [0.15, 0.2) is 30.3 Å². The van der Waals surface area contributed by atoms with Crippen LogP contribution in [0.2, 0.25) is 0 Å². The summed E-state index contributed by atoms with van der Waals surface area (Å²) in [6.07, 6.45) is -0.589. The minimum absolute atomic E-state index is 0.229. The molecule has 15 heavy (non-hydrogen) atoms. The maximum absolute atomic E-state index is 10.9. The van der Waals surface area contributed by atoms with Crippen LogP contribution >= 0.6 is 0 Å². The first-order chi connectivity index (χ1) is 7.15. The number of hydrogen-bond donors (Lipinski definition) is 2. The van der Waals surface area contributed by atoms with Gasteiger partial charge in [0.25, 0.3) is 0 Å². The first-order valence-electron chi connectivity index (χ1n) is 4.73. The van der Waals surface area contributed by atoms with Crippen LogP contribution < -0.4 is 5.73 Å². The van der Waals surface area contributed by atoms with Crippen LogP contribution in [0.3, 0.4) is 0 Å². The molecule has 1 aromatic rings. The minimum Gasteiger partial charge on any atom is -0.456 e. The summed E-state index contributed by atoms with van der Waals surface area (Å²) >= 11 is 0. The lowest BCUT2D eigenvalue weighted by atomic mass is 10.0. The molecule has 82 valence electrons. The van der Waals surface area contributed by atoms with Gasteiger partial charge in [0, 0.05) is 6.92 Å². The Labute approximate surface area is 88.7 Å². The van der Waals surface area contributed by atoms with E-state index in [2.05, 4.69) is 0 Å². The van der Waals surface area contributed by atoms with Crippen LogP contribution in [0.25, 0.3) is 0 Å². The average molecular weight is 209 g/mol. The minimum atomic E-state index is -0.601. The molecule has 0 fully saturated rings. The van der Waals surface area contributed by atoms with E-state index in [0.717, 1.165) is 5.56 Å². The molecule has 0 aliphatic carbocycles. The molecule has 0 aliphatic rings. The lowest BCUT2D eigenvalue weighted by molar-refractivity contribution is -0.148. The Morgan fingerprint density at radius 3 is 2.53 bits per heavy atom. The molecular weight excluding hydrogens is 194 g/mol. The standard InChI is InChI=1S/C11H15NO3/c1-8(14)15-11(10(12)7-13)9-5-3-2-4-6-9/h2-6,10-11,13H,7,12H2,1H3/t10-,11?/m1/s1. The van der Waals surface area contributed by atoms with Gasteiger partial charge in [-0.2, -0.15) is 0 Å². The van der Waals surface area contributed by atoms with Crippen molar-refractivity contribution in [1.82, 2.24) is 0 Å². The lowest BCUT2D eigenvalue weighted by Crippen LogP contribution is -2.34. The fraction of sp³-hybridized carbons (Fsp3) is 0.364. The van der Waals surface area contributed by atoms with Gasteiger partial charge in [-0.3, -0.25) is 4.79 Å². The van der Waals surface area contributed by atoms with Crippen molar-refractivity contribution in [2.24, 2.45) is 5.73 Å². The molecule has 0 aliphatic heterocycles. The molecule has 1 rings (SSSR count). The van der Waals surface area contributed by atoms with Crippen molar-refractivity contribution in [2.75, 3.05) is 6.61 Å². The highest BCUT2D eigenvalue weighted by Gasteiger charge is 2.21. The highest BCUT2D eigenvalue weighted by Crippen LogP contribution is 2.19. The molecule has 0 bridgehead atoms. The number of ether oxygens (including phenoxy) is 1. The van der Waals surface area contributed by atoms with Gasteiger partial charge in [-0.15, -0.1) is 0 Å². The Balaban J connectivity index is 2.86. The number of benzene rings is 1. The molecule has 0 saturated carbocycles. The summed E-state index contributed by atoms with van der Waals surface area (Å²) in [5.41, 5.74) is 6.46. The third-order valence-electron chi connectivity index (χ3n) is 2.02. The average Bonchev–Trinajstić information content (AvgIpc) is 2.26. The topological polar surface area (TPSA) is 72.5 Å². The molecule has 0 aromatic heterocycles. The molecule has 0 radical (unpaired) electrons. The number of esters is 1. The SMILES string of the molecule is CC(=O)OC(c1ccccc1)[C@H](N)CO. The maximum atomic E-state index is 10.9. The van der Waals surface area contributed by atoms with Gasteiger partial charge in [-0.1, -0.05) is 30.3 Å². The normalized spacial score (nSPS) is 14.3. The number of rotatable bonds is 4. The maximum Gasteiger partial charge on any atom is 0.303 e. The van der Waals surface area contributed by atoms with Crippen molar-refractivity contribution in [3.05, 3.63) is 35.9 Å². The zero-order chi connectivity index (χ0) is 11.3. The van der Waals surface area contributed by atoms with Crippen molar-refractivity contribution in [1.29, 1.82) is 0 Å². The molecule has 0 saturated heterocycles. The summed E-state index contributed by atoms with van der Waals surface area (Å²) in [6.45, 7) is 1.09. The van der Waals surface area contributed by atoms with Gasteiger partial charge in [-0.05, 0) is 5.56 Å². The molecule has 0 heterocycles. The highest BCUT2D eigenvalue weighted by molar-refractivity contribution is 5.66. The second-order valence-corrected chi connectivity index (χ2v) is 3.29. The Bertz CT molecular complexity index is 313. The fourth-order valence-electron chi connectivity index (χ4n) is 1.32. The van der Waals surface area contributed by atoms with Crippen LogP contribution in [0.4, 0.5) is 0 Å². The quantitative estimate of drug-likeness (QED) is 0.713. The summed E-state index contributed by atoms with van der Waals surface area (Å²) in [5, 5.41) is 8.96. The van der Waals surface area contributed by atoms with Crippen LogP contribution in [-0.4, -0.2) is 23.7 Å². The predicted octanol–water partition coefficient (Wildman–Crippen LogP) is 0.610. The van der Waals surface area contributed by atoms with E-state index >= 15 is 0 Å². The van der Waals surface area contributed by atoms with E-state index in [1.165, 1.54) is 6.92 Å². The van der Waals surface area contributed by atoms with Gasteiger partial charge in [0.05, 0.1) is 12.6 Å². The van der Waals surface area contributed by atoms with Crippen LogP contribution in [0.1, 0.15) is 18.6 Å². The highest BCUT2D eigenvalue weighted by atomic mass is 16.5. The summed E-state index contributed by atoms with van der Waals surface area (Å²) in [4.78, 5) is 10.9. The number of aliphatic hydroxyl groups excluding tert-OH is 1. The molecule has 2 atom stereocenters. The van der Waals surface area contributed by atoms with Crippen molar-refractivity contribution < 1.29 is 14.6 Å². The van der Waals surface area contributed by atoms with E-state index in [-0.39, 0.29) is 6.61 Å². The number of aliphatic hydroxyl groups is 1. The first-order valence-corrected chi connectivity index (χ1v) is 4.73. The van der Waals surface area contributed by atoms with E-state index in [1.807, 2.05) is 30.3 Å². The largest absolute Gasteiger partial charge is 0.456 e. The van der Waals surface area contributed by atoms with Gasteiger partial charge in [-0.25, -0.2) is 0 Å². The van der Waals surface area contributed by atoms with E-state index in [9.17, 15) is 4.79 Å². The molecule has 0 spiro atoms. The Kier molecular flexibility index (Phi) is 4.27. The molecule has 1 aromatic carbocycles. The number of hydrogen-bond acceptors (Lipinski definition) is 4. The van der Waals surface area contributed by atoms with Crippen molar-refractivity contribution >= 4 is 5.97 Å². The van der Waals surface area contributed by atoms with Gasteiger partial charge < -0.3 is 15.6 Å². The Morgan fingerprint density at radius 1 is 1.47 bits per heavy atom. The van der Waals surface area contributed by atoms with Crippen molar-refractivity contribution in [2.45, 2.75) is 19.1 Å². The second-order valence-electron chi connectivity index (χ2n) is 3.29. The summed E-state index contributed by atoms with van der Waals surface area (Å²) in [6, 6.07) is 8.54. The molecule has 1 unspecified atom stereocenters. The molecule has 4 nitrogen and oxygen atoms in total. The summed E-state index contributed by atoms with van der Waals surface area (Å²) < 4.78 is 5.07. The number of carbonyl (C=O) groups excluding carboxylic acids is 1. The van der Waals surface area contributed by atoms with Crippen molar-refractivity contribution in [3.63, 3.8) is 0 Å². The zero-order valence-electron chi connectivity index (χ0n) is 8.59. The van der Waals surface area contributed by atoms with E-state index in [4.69, 9.17) is 15.6 Å². The first kappa shape index (κ1) is 11.7. The van der Waals surface area contributed by atoms with Gasteiger partial charge in [0.1, 0.15) is 6.10 Å². The molecular formula is C11H15NO3. The number of carbonyl (C=O) groups is 1. The Hall–Kier alpha value is -1.39. The van der Waals surface area contributed by atoms with Crippen LogP contribution in [0, 0.1) is 0 Å². The summed E-state index contributed by atoms with van der Waals surface area (Å²) in [7, 11) is 0. The smallest absolute Gasteiger partial charge is 0.303 e. The van der Waals surface area contributed by atoms with Gasteiger partial charge >= 0.3 is 5.97 Å². The monoisotopic (exact) mass is 209 g/mol. The van der Waals surface area contributed by atoms with Gasteiger partial charge in [0.2, 0.25) is 0 Å². The lowest BCUT2D eigenvalue weighted by Gasteiger charge is -2.22. The molecule has 0 amide bonds. The van der Waals surface area contributed by atoms with E-state index in [1.54, 1.807) is 0 Å². The number of nitrogens with two attached hydrogens (primary N) is 1. The zero-order valence-corrected chi connectivity index (χ0v) is 8.59. The molecule has 4 heteroatoms. The van der Waals surface area contributed by atoms with Crippen LogP contribution in [0.5, 0.6) is 0 Å². The van der Waals surface area contributed by atoms with Gasteiger partial charge in [0.15, 0.2) is 0 Å². The van der Waals surface area contributed by atoms with E-state index in [0.29, 0.717) is 0 Å². The summed E-state index contributed by atoms with van der Waals surface area (Å²) in [5.74, 6) is -0.409. The van der Waals surface area contributed by atoms with Crippen molar-refractivity contribution in [3.8, 4) is 0 Å².